The molecule has 1 aromatic rings. The van der Waals surface area contributed by atoms with Crippen LogP contribution in [0, 0.1) is 5.41 Å². The molecule has 0 bridgehead atoms. The summed E-state index contributed by atoms with van der Waals surface area (Å²) >= 11 is 0. The number of carboxylic acids is 1. The van der Waals surface area contributed by atoms with Crippen molar-refractivity contribution in [1.29, 1.82) is 0 Å². The minimum absolute atomic E-state index is 0.184. The van der Waals surface area contributed by atoms with Crippen molar-refractivity contribution in [2.45, 2.75) is 33.1 Å². The molecule has 0 aliphatic rings. The number of aliphatic carboxylic acids is 1. The van der Waals surface area contributed by atoms with Gasteiger partial charge in [-0.05, 0) is 43.9 Å². The maximum atomic E-state index is 11.9. The van der Waals surface area contributed by atoms with Crippen LogP contribution in [0.15, 0.2) is 24.5 Å². The fraction of sp³-hybridized carbons (Fsp3) is 0.500. The van der Waals surface area contributed by atoms with Crippen molar-refractivity contribution < 1.29 is 19.4 Å². The van der Waals surface area contributed by atoms with E-state index >= 15 is 0 Å². The number of nitrogens with zero attached hydrogens (tertiary/aromatic N) is 1. The third kappa shape index (κ3) is 3.53. The Kier molecular flexibility index (Phi) is 5.48. The van der Waals surface area contributed by atoms with Gasteiger partial charge < -0.3 is 9.84 Å². The van der Waals surface area contributed by atoms with E-state index in [4.69, 9.17) is 4.74 Å². The van der Waals surface area contributed by atoms with Gasteiger partial charge in [0.2, 0.25) is 0 Å². The molecule has 0 aromatic carbocycles. The van der Waals surface area contributed by atoms with E-state index in [0.29, 0.717) is 6.42 Å². The molecule has 0 spiro atoms. The van der Waals surface area contributed by atoms with Crippen LogP contribution >= 0.6 is 0 Å². The summed E-state index contributed by atoms with van der Waals surface area (Å²) in [5.41, 5.74) is -0.502. The summed E-state index contributed by atoms with van der Waals surface area (Å²) in [5, 5.41) is 9.39. The van der Waals surface area contributed by atoms with Crippen LogP contribution in [0.25, 0.3) is 0 Å². The number of esters is 1. The number of ether oxygens (including phenoxy) is 1. The highest BCUT2D eigenvalue weighted by Gasteiger charge is 2.45. The number of carboxylic acid groups (broad SMARTS) is 1. The number of aromatic nitrogens is 1. The summed E-state index contributed by atoms with van der Waals surface area (Å²) in [7, 11) is 0. The van der Waals surface area contributed by atoms with Crippen molar-refractivity contribution in [3.63, 3.8) is 0 Å². The minimum Gasteiger partial charge on any atom is -0.480 e. The molecule has 5 heteroatoms. The molecule has 5 nitrogen and oxygen atoms in total. The van der Waals surface area contributed by atoms with E-state index < -0.39 is 17.4 Å². The molecule has 1 aromatic heterocycles. The predicted molar refractivity (Wildman–Crippen MR) is 69.6 cm³/mol. The second-order valence-corrected chi connectivity index (χ2v) is 4.32. The molecule has 1 unspecified atom stereocenters. The molecule has 1 N–H and O–H groups in total. The molecule has 0 saturated heterocycles. The Morgan fingerprint density at radius 2 is 1.95 bits per heavy atom. The molecule has 0 fully saturated rings. The number of aryl methyl sites for hydroxylation is 1. The second kappa shape index (κ2) is 6.87. The number of hydrogen-bond donors (Lipinski definition) is 1. The molecule has 1 atom stereocenters. The minimum atomic E-state index is -1.46. The van der Waals surface area contributed by atoms with E-state index in [1.807, 2.05) is 12.1 Å². The molecular weight excluding hydrogens is 246 g/mol. The molecule has 1 rings (SSSR count). The monoisotopic (exact) mass is 265 g/mol. The topological polar surface area (TPSA) is 76.5 Å². The van der Waals surface area contributed by atoms with Gasteiger partial charge in [0.1, 0.15) is 0 Å². The molecule has 19 heavy (non-hydrogen) atoms. The lowest BCUT2D eigenvalue weighted by molar-refractivity contribution is -0.169. The second-order valence-electron chi connectivity index (χ2n) is 4.32. The molecule has 0 aliphatic carbocycles. The van der Waals surface area contributed by atoms with Gasteiger partial charge in [-0.15, -0.1) is 0 Å². The largest absolute Gasteiger partial charge is 0.480 e. The fourth-order valence-electron chi connectivity index (χ4n) is 1.95. The van der Waals surface area contributed by atoms with Crippen LogP contribution in [0.4, 0.5) is 0 Å². The Balaban J connectivity index is 2.86. The van der Waals surface area contributed by atoms with Gasteiger partial charge in [-0.2, -0.15) is 0 Å². The molecule has 0 saturated carbocycles. The van der Waals surface area contributed by atoms with Crippen molar-refractivity contribution in [2.75, 3.05) is 6.61 Å². The lowest BCUT2D eigenvalue weighted by atomic mass is 9.79. The Hall–Kier alpha value is -1.91. The molecule has 0 radical (unpaired) electrons. The first-order valence-electron chi connectivity index (χ1n) is 6.36. The van der Waals surface area contributed by atoms with Crippen molar-refractivity contribution in [3.8, 4) is 0 Å². The van der Waals surface area contributed by atoms with Gasteiger partial charge in [0.25, 0.3) is 0 Å². The number of pyridine rings is 1. The number of rotatable bonds is 7. The van der Waals surface area contributed by atoms with Crippen LogP contribution in [0.5, 0.6) is 0 Å². The van der Waals surface area contributed by atoms with Gasteiger partial charge in [0.15, 0.2) is 5.41 Å². The van der Waals surface area contributed by atoms with E-state index in [-0.39, 0.29) is 19.4 Å². The summed E-state index contributed by atoms with van der Waals surface area (Å²) in [6.45, 7) is 3.55. The van der Waals surface area contributed by atoms with Gasteiger partial charge >= 0.3 is 11.9 Å². The summed E-state index contributed by atoms with van der Waals surface area (Å²) in [4.78, 5) is 27.3. The third-order valence-corrected chi connectivity index (χ3v) is 3.27. The highest BCUT2D eigenvalue weighted by Crippen LogP contribution is 2.30. The number of carbonyl (C=O) groups excluding carboxylic acids is 1. The molecule has 0 amide bonds. The Labute approximate surface area is 112 Å². The zero-order valence-electron chi connectivity index (χ0n) is 11.3. The van der Waals surface area contributed by atoms with Crippen molar-refractivity contribution in [3.05, 3.63) is 30.1 Å². The zero-order valence-corrected chi connectivity index (χ0v) is 11.3. The SMILES string of the molecule is CCOC(=O)C(CC)(CCc1ccncc1)C(=O)O. The molecule has 0 aliphatic heterocycles. The third-order valence-electron chi connectivity index (χ3n) is 3.27. The predicted octanol–water partition coefficient (Wildman–Crippen LogP) is 2.06. The first-order valence-corrected chi connectivity index (χ1v) is 6.36. The normalized spacial score (nSPS) is 13.6. The van der Waals surface area contributed by atoms with Crippen LogP contribution < -0.4 is 0 Å². The van der Waals surface area contributed by atoms with E-state index in [0.717, 1.165) is 5.56 Å². The average Bonchev–Trinajstić information content (AvgIpc) is 2.41. The summed E-state index contributed by atoms with van der Waals surface area (Å²) in [6.07, 6.45) is 4.23. The lowest BCUT2D eigenvalue weighted by Gasteiger charge is -2.25. The highest BCUT2D eigenvalue weighted by molar-refractivity contribution is 5.99. The van der Waals surface area contributed by atoms with Crippen molar-refractivity contribution in [1.82, 2.24) is 4.98 Å². The molecule has 104 valence electrons. The van der Waals surface area contributed by atoms with E-state index in [9.17, 15) is 14.7 Å². The van der Waals surface area contributed by atoms with Crippen LogP contribution in [0.1, 0.15) is 32.3 Å². The van der Waals surface area contributed by atoms with Crippen LogP contribution in [0.2, 0.25) is 0 Å². The van der Waals surface area contributed by atoms with Crippen molar-refractivity contribution in [2.24, 2.45) is 5.41 Å². The van der Waals surface area contributed by atoms with Gasteiger partial charge in [-0.3, -0.25) is 14.6 Å². The van der Waals surface area contributed by atoms with E-state index in [1.54, 1.807) is 26.2 Å². The quantitative estimate of drug-likeness (QED) is 0.603. The first-order chi connectivity index (χ1) is 9.06. The Morgan fingerprint density at radius 1 is 1.32 bits per heavy atom. The van der Waals surface area contributed by atoms with Gasteiger partial charge in [0.05, 0.1) is 6.61 Å². The highest BCUT2D eigenvalue weighted by atomic mass is 16.5. The van der Waals surface area contributed by atoms with Crippen molar-refractivity contribution >= 4 is 11.9 Å². The van der Waals surface area contributed by atoms with Crippen LogP contribution in [-0.4, -0.2) is 28.6 Å². The lowest BCUT2D eigenvalue weighted by Crippen LogP contribution is -2.40. The number of carbonyl (C=O) groups is 2. The van der Waals surface area contributed by atoms with Crippen LogP contribution in [0.3, 0.4) is 0 Å². The maximum Gasteiger partial charge on any atom is 0.323 e. The van der Waals surface area contributed by atoms with E-state index in [2.05, 4.69) is 4.98 Å². The van der Waals surface area contributed by atoms with Gasteiger partial charge in [-0.1, -0.05) is 6.92 Å². The summed E-state index contributed by atoms with van der Waals surface area (Å²) in [6, 6.07) is 3.63. The molecular formula is C14H19NO4. The fourth-order valence-corrected chi connectivity index (χ4v) is 1.95. The number of hydrogen-bond acceptors (Lipinski definition) is 4. The average molecular weight is 265 g/mol. The first kappa shape index (κ1) is 15.1. The smallest absolute Gasteiger partial charge is 0.323 e. The Bertz CT molecular complexity index is 432. The standard InChI is InChI=1S/C14H19NO4/c1-3-14(12(16)17,13(18)19-4-2)8-5-11-6-9-15-10-7-11/h6-7,9-10H,3-5,8H2,1-2H3,(H,16,17). The van der Waals surface area contributed by atoms with Gasteiger partial charge in [0, 0.05) is 12.4 Å². The van der Waals surface area contributed by atoms with E-state index in [1.165, 1.54) is 0 Å². The maximum absolute atomic E-state index is 11.9. The zero-order chi connectivity index (χ0) is 14.3. The summed E-state index contributed by atoms with van der Waals surface area (Å²) < 4.78 is 4.92. The molecule has 1 heterocycles. The summed E-state index contributed by atoms with van der Waals surface area (Å²) in [5.74, 6) is -1.78. The Morgan fingerprint density at radius 3 is 2.42 bits per heavy atom. The van der Waals surface area contributed by atoms with Crippen LogP contribution in [-0.2, 0) is 20.7 Å². The van der Waals surface area contributed by atoms with Gasteiger partial charge in [-0.25, -0.2) is 0 Å².